The quantitative estimate of drug-likeness (QED) is 0.315. The van der Waals surface area contributed by atoms with Crippen LogP contribution in [0, 0.1) is 27.7 Å². The fourth-order valence-corrected chi connectivity index (χ4v) is 4.83. The molecule has 0 bridgehead atoms. The van der Waals surface area contributed by atoms with E-state index in [9.17, 15) is 9.59 Å². The van der Waals surface area contributed by atoms with Gasteiger partial charge in [0.2, 0.25) is 0 Å². The van der Waals surface area contributed by atoms with E-state index in [1.54, 1.807) is 17.0 Å². The van der Waals surface area contributed by atoms with Gasteiger partial charge in [-0.2, -0.15) is 0 Å². The number of anilines is 2. The lowest BCUT2D eigenvalue weighted by atomic mass is 10.1. The second kappa shape index (κ2) is 10.5. The zero-order valence-corrected chi connectivity index (χ0v) is 21.7. The molecule has 1 saturated heterocycles. The summed E-state index contributed by atoms with van der Waals surface area (Å²) < 4.78 is 6.13. The number of hydrogen-bond donors (Lipinski definition) is 1. The first-order chi connectivity index (χ1) is 16.7. The molecule has 0 aromatic heterocycles. The lowest BCUT2D eigenvalue weighted by Crippen LogP contribution is -2.27. The molecule has 35 heavy (non-hydrogen) atoms. The Hall–Kier alpha value is -3.42. The second-order valence-corrected chi connectivity index (χ2v) is 10.2. The molecule has 1 aliphatic rings. The normalized spacial score (nSPS) is 14.5. The summed E-state index contributed by atoms with van der Waals surface area (Å²) in [5.41, 5.74) is 6.94. The van der Waals surface area contributed by atoms with Crippen LogP contribution in [0.1, 0.15) is 27.8 Å². The number of aryl methyl sites for hydroxylation is 4. The van der Waals surface area contributed by atoms with Crippen molar-refractivity contribution in [2.75, 3.05) is 16.8 Å². The molecular weight excluding hydrogens is 476 g/mol. The number of rotatable bonds is 6. The molecule has 0 spiro atoms. The molecule has 0 aliphatic carbocycles. The van der Waals surface area contributed by atoms with Crippen LogP contribution in [-0.4, -0.2) is 22.7 Å². The highest BCUT2D eigenvalue weighted by Crippen LogP contribution is 2.36. The van der Waals surface area contributed by atoms with Gasteiger partial charge in [-0.1, -0.05) is 48.2 Å². The summed E-state index contributed by atoms with van der Waals surface area (Å²) in [5.74, 6) is 0.207. The number of amides is 2. The number of carbonyl (C=O) groups is 2. The lowest BCUT2D eigenvalue weighted by molar-refractivity contribution is -0.118. The van der Waals surface area contributed by atoms with Gasteiger partial charge in [0.25, 0.3) is 11.8 Å². The van der Waals surface area contributed by atoms with Crippen LogP contribution in [0.2, 0.25) is 0 Å². The zero-order chi connectivity index (χ0) is 25.1. The molecule has 1 aliphatic heterocycles. The van der Waals surface area contributed by atoms with Crippen molar-refractivity contribution < 1.29 is 14.3 Å². The highest BCUT2D eigenvalue weighted by atomic mass is 32.2. The second-order valence-electron chi connectivity index (χ2n) is 8.49. The Balaban J connectivity index is 1.37. The first-order valence-corrected chi connectivity index (χ1v) is 12.4. The molecule has 4 rings (SSSR count). The lowest BCUT2D eigenvalue weighted by Gasteiger charge is -2.15. The van der Waals surface area contributed by atoms with Gasteiger partial charge in [-0.15, -0.1) is 0 Å². The summed E-state index contributed by atoms with van der Waals surface area (Å²) >= 11 is 6.77. The first kappa shape index (κ1) is 24.7. The predicted molar refractivity (Wildman–Crippen MR) is 148 cm³/mol. The van der Waals surface area contributed by atoms with E-state index in [4.69, 9.17) is 17.0 Å². The zero-order valence-electron chi connectivity index (χ0n) is 20.0. The predicted octanol–water partition coefficient (Wildman–Crippen LogP) is 6.34. The van der Waals surface area contributed by atoms with Crippen LogP contribution in [0.3, 0.4) is 0 Å². The molecule has 2 amide bonds. The van der Waals surface area contributed by atoms with Crippen LogP contribution in [0.15, 0.2) is 65.6 Å². The van der Waals surface area contributed by atoms with Crippen molar-refractivity contribution in [1.29, 1.82) is 0 Å². The molecule has 1 N–H and O–H groups in total. The van der Waals surface area contributed by atoms with Crippen molar-refractivity contribution >= 4 is 57.6 Å². The van der Waals surface area contributed by atoms with Crippen molar-refractivity contribution in [3.05, 3.63) is 93.4 Å². The van der Waals surface area contributed by atoms with E-state index in [1.165, 1.54) is 22.9 Å². The third-order valence-electron chi connectivity index (χ3n) is 5.88. The summed E-state index contributed by atoms with van der Waals surface area (Å²) in [7, 11) is 0. The topological polar surface area (TPSA) is 58.6 Å². The standard InChI is InChI=1S/C28H26N2O3S2/c1-17-5-9-22(13-19(17)3)29-26(31)16-33-24-11-7-21(8-12-24)15-25-27(32)30(28(34)35-25)23-10-6-18(2)20(4)14-23/h5-15H,16H2,1-4H3,(H,29,31)/b25-15-. The van der Waals surface area contributed by atoms with Gasteiger partial charge in [-0.05, 0) is 98.0 Å². The largest absolute Gasteiger partial charge is 0.484 e. The van der Waals surface area contributed by atoms with E-state index in [0.717, 1.165) is 28.1 Å². The van der Waals surface area contributed by atoms with Gasteiger partial charge < -0.3 is 10.1 Å². The van der Waals surface area contributed by atoms with E-state index in [-0.39, 0.29) is 18.4 Å². The number of nitrogens with zero attached hydrogens (tertiary/aromatic N) is 1. The Morgan fingerprint density at radius 1 is 0.943 bits per heavy atom. The van der Waals surface area contributed by atoms with E-state index >= 15 is 0 Å². The van der Waals surface area contributed by atoms with Gasteiger partial charge in [0.15, 0.2) is 10.9 Å². The van der Waals surface area contributed by atoms with Crippen LogP contribution in [-0.2, 0) is 9.59 Å². The average Bonchev–Trinajstić information content (AvgIpc) is 3.10. The highest BCUT2D eigenvalue weighted by molar-refractivity contribution is 8.27. The van der Waals surface area contributed by atoms with Crippen LogP contribution in [0.25, 0.3) is 6.08 Å². The van der Waals surface area contributed by atoms with Crippen molar-refractivity contribution in [1.82, 2.24) is 0 Å². The maximum absolute atomic E-state index is 13.0. The van der Waals surface area contributed by atoms with E-state index in [1.807, 2.05) is 82.3 Å². The molecule has 7 heteroatoms. The Morgan fingerprint density at radius 3 is 2.26 bits per heavy atom. The van der Waals surface area contributed by atoms with Gasteiger partial charge in [0.1, 0.15) is 5.75 Å². The molecule has 3 aromatic rings. The average molecular weight is 503 g/mol. The van der Waals surface area contributed by atoms with Crippen molar-refractivity contribution in [3.63, 3.8) is 0 Å². The number of hydrogen-bond acceptors (Lipinski definition) is 5. The molecule has 178 valence electrons. The molecule has 0 atom stereocenters. The van der Waals surface area contributed by atoms with Crippen LogP contribution < -0.4 is 15.0 Å². The third-order valence-corrected chi connectivity index (χ3v) is 7.18. The fraction of sp³-hybridized carbons (Fsp3) is 0.179. The minimum absolute atomic E-state index is 0.0963. The van der Waals surface area contributed by atoms with Crippen molar-refractivity contribution in [3.8, 4) is 5.75 Å². The van der Waals surface area contributed by atoms with E-state index in [0.29, 0.717) is 15.0 Å². The van der Waals surface area contributed by atoms with Crippen LogP contribution >= 0.6 is 24.0 Å². The summed E-state index contributed by atoms with van der Waals surface area (Å²) in [5, 5.41) is 2.84. The molecule has 3 aromatic carbocycles. The number of thiocarbonyl (C=S) groups is 1. The summed E-state index contributed by atoms with van der Waals surface area (Å²) in [6, 6.07) is 18.9. The van der Waals surface area contributed by atoms with Crippen molar-refractivity contribution in [2.24, 2.45) is 0 Å². The minimum atomic E-state index is -0.229. The van der Waals surface area contributed by atoms with Gasteiger partial charge in [0, 0.05) is 5.69 Å². The molecule has 0 saturated carbocycles. The number of thioether (sulfide) groups is 1. The smallest absolute Gasteiger partial charge is 0.270 e. The Morgan fingerprint density at radius 2 is 1.60 bits per heavy atom. The third kappa shape index (κ3) is 5.81. The number of ether oxygens (including phenoxy) is 1. The summed E-state index contributed by atoms with van der Waals surface area (Å²) in [6.45, 7) is 7.99. The molecular formula is C28H26N2O3S2. The van der Waals surface area contributed by atoms with Gasteiger partial charge >= 0.3 is 0 Å². The number of carbonyl (C=O) groups excluding carboxylic acids is 2. The SMILES string of the molecule is Cc1ccc(NC(=O)COc2ccc(/C=C3\SC(=S)N(c4ccc(C)c(C)c4)C3=O)cc2)cc1C. The molecule has 0 radical (unpaired) electrons. The van der Waals surface area contributed by atoms with Crippen LogP contribution in [0.5, 0.6) is 5.75 Å². The monoisotopic (exact) mass is 502 g/mol. The molecule has 1 heterocycles. The maximum Gasteiger partial charge on any atom is 0.270 e. The Kier molecular flexibility index (Phi) is 7.38. The number of benzene rings is 3. The highest BCUT2D eigenvalue weighted by Gasteiger charge is 2.33. The van der Waals surface area contributed by atoms with Crippen LogP contribution in [0.4, 0.5) is 11.4 Å². The van der Waals surface area contributed by atoms with Gasteiger partial charge in [0.05, 0.1) is 10.6 Å². The minimum Gasteiger partial charge on any atom is -0.484 e. The number of nitrogens with one attached hydrogen (secondary N) is 1. The van der Waals surface area contributed by atoms with Gasteiger partial charge in [-0.25, -0.2) is 0 Å². The Labute approximate surface area is 215 Å². The van der Waals surface area contributed by atoms with E-state index < -0.39 is 0 Å². The van der Waals surface area contributed by atoms with Gasteiger partial charge in [-0.3, -0.25) is 14.5 Å². The van der Waals surface area contributed by atoms with E-state index in [2.05, 4.69) is 5.32 Å². The first-order valence-electron chi connectivity index (χ1n) is 11.2. The Bertz CT molecular complexity index is 1350. The molecule has 5 nitrogen and oxygen atoms in total. The van der Waals surface area contributed by atoms with Crippen molar-refractivity contribution in [2.45, 2.75) is 27.7 Å². The fourth-order valence-electron chi connectivity index (χ4n) is 3.53. The summed E-state index contributed by atoms with van der Waals surface area (Å²) in [6.07, 6.45) is 1.82. The maximum atomic E-state index is 13.0. The molecule has 1 fully saturated rings. The molecule has 0 unspecified atom stereocenters. The summed E-state index contributed by atoms with van der Waals surface area (Å²) in [4.78, 5) is 27.4.